The van der Waals surface area contributed by atoms with Crippen molar-refractivity contribution in [2.24, 2.45) is 0 Å². The molecule has 0 aliphatic rings. The molecule has 1 radical (unpaired) electrons. The highest BCUT2D eigenvalue weighted by Crippen LogP contribution is 2.34. The summed E-state index contributed by atoms with van der Waals surface area (Å²) in [4.78, 5) is 0. The van der Waals surface area contributed by atoms with Gasteiger partial charge in [0.1, 0.15) is 0 Å². The fraction of sp³-hybridized carbons (Fsp3) is 0.143. The standard InChI is InChI=1S/C14H13S2/c15-14(13-9-5-2-6-10-13)16-11-12-7-3-1-4-8-12/h1-10,14H,11H2. The van der Waals surface area contributed by atoms with Crippen molar-refractivity contribution in [1.82, 2.24) is 0 Å². The first-order valence-corrected chi connectivity index (χ1v) is 6.74. The number of hydrogen-bond acceptors (Lipinski definition) is 1. The van der Waals surface area contributed by atoms with Crippen molar-refractivity contribution in [2.45, 2.75) is 10.3 Å². The van der Waals surface area contributed by atoms with Gasteiger partial charge in [-0.3, -0.25) is 0 Å². The summed E-state index contributed by atoms with van der Waals surface area (Å²) in [6.45, 7) is 0. The number of rotatable bonds is 4. The Labute approximate surface area is 106 Å². The maximum Gasteiger partial charge on any atom is 0.0858 e. The van der Waals surface area contributed by atoms with Crippen molar-refractivity contribution < 1.29 is 0 Å². The van der Waals surface area contributed by atoms with Gasteiger partial charge in [0.25, 0.3) is 0 Å². The van der Waals surface area contributed by atoms with Crippen molar-refractivity contribution in [2.75, 3.05) is 0 Å². The molecule has 1 atom stereocenters. The van der Waals surface area contributed by atoms with Crippen LogP contribution < -0.4 is 0 Å². The number of benzene rings is 2. The van der Waals surface area contributed by atoms with E-state index in [0.717, 1.165) is 5.75 Å². The molecule has 0 aliphatic carbocycles. The van der Waals surface area contributed by atoms with Crippen LogP contribution in [-0.4, -0.2) is 0 Å². The lowest BCUT2D eigenvalue weighted by molar-refractivity contribution is 1.35. The summed E-state index contributed by atoms with van der Waals surface area (Å²) in [6.07, 6.45) is 0. The molecule has 0 aliphatic heterocycles. The van der Waals surface area contributed by atoms with Gasteiger partial charge in [0.2, 0.25) is 0 Å². The van der Waals surface area contributed by atoms with E-state index in [1.165, 1.54) is 11.1 Å². The van der Waals surface area contributed by atoms with Crippen LogP contribution >= 0.6 is 24.4 Å². The molecule has 2 heteroatoms. The normalized spacial score (nSPS) is 12.3. The van der Waals surface area contributed by atoms with E-state index in [-0.39, 0.29) is 4.58 Å². The van der Waals surface area contributed by atoms with Crippen LogP contribution in [0, 0.1) is 0 Å². The van der Waals surface area contributed by atoms with E-state index < -0.39 is 0 Å². The van der Waals surface area contributed by atoms with Crippen LogP contribution in [0.25, 0.3) is 0 Å². The molecule has 0 bridgehead atoms. The molecule has 0 fully saturated rings. The third-order valence-electron chi connectivity index (χ3n) is 2.32. The SMILES string of the molecule is [S]C(SCc1ccccc1)c1ccccc1. The smallest absolute Gasteiger partial charge is 0.0858 e. The maximum absolute atomic E-state index is 5.47. The monoisotopic (exact) mass is 245 g/mol. The highest BCUT2D eigenvalue weighted by atomic mass is 32.2. The van der Waals surface area contributed by atoms with Crippen molar-refractivity contribution >= 4 is 24.4 Å². The molecule has 2 aromatic carbocycles. The van der Waals surface area contributed by atoms with Crippen molar-refractivity contribution in [1.29, 1.82) is 0 Å². The van der Waals surface area contributed by atoms with E-state index in [1.807, 2.05) is 24.3 Å². The Kier molecular flexibility index (Phi) is 4.37. The van der Waals surface area contributed by atoms with Gasteiger partial charge in [0.15, 0.2) is 0 Å². The first-order chi connectivity index (χ1) is 7.86. The number of thioether (sulfide) groups is 1. The van der Waals surface area contributed by atoms with Gasteiger partial charge >= 0.3 is 0 Å². The molecular weight excluding hydrogens is 232 g/mol. The molecule has 81 valence electrons. The van der Waals surface area contributed by atoms with E-state index >= 15 is 0 Å². The second kappa shape index (κ2) is 6.02. The predicted octanol–water partition coefficient (Wildman–Crippen LogP) is 4.82. The van der Waals surface area contributed by atoms with Gasteiger partial charge in [-0.05, 0) is 11.1 Å². The molecule has 0 nitrogen and oxygen atoms in total. The molecule has 16 heavy (non-hydrogen) atoms. The summed E-state index contributed by atoms with van der Waals surface area (Å²) in [5.74, 6) is 0.976. The van der Waals surface area contributed by atoms with Gasteiger partial charge in [-0.2, -0.15) is 0 Å². The zero-order valence-corrected chi connectivity index (χ0v) is 10.5. The summed E-state index contributed by atoms with van der Waals surface area (Å²) < 4.78 is 0.140. The van der Waals surface area contributed by atoms with Crippen LogP contribution in [0.2, 0.25) is 0 Å². The minimum atomic E-state index is 0.140. The molecule has 1 unspecified atom stereocenters. The molecule has 0 aromatic heterocycles. The molecule has 0 heterocycles. The fourth-order valence-electron chi connectivity index (χ4n) is 1.45. The van der Waals surface area contributed by atoms with Crippen molar-refractivity contribution in [3.8, 4) is 0 Å². The van der Waals surface area contributed by atoms with Gasteiger partial charge in [-0.25, -0.2) is 0 Å². The van der Waals surface area contributed by atoms with E-state index in [1.54, 1.807) is 11.8 Å². The molecule has 0 saturated carbocycles. The Morgan fingerprint density at radius 2 is 1.44 bits per heavy atom. The topological polar surface area (TPSA) is 0 Å². The van der Waals surface area contributed by atoms with Crippen molar-refractivity contribution in [3.05, 3.63) is 71.8 Å². The Hall–Kier alpha value is -0.860. The fourth-order valence-corrected chi connectivity index (χ4v) is 2.70. The molecular formula is C14H13S2. The molecule has 2 rings (SSSR count). The van der Waals surface area contributed by atoms with Crippen LogP contribution in [0.4, 0.5) is 0 Å². The van der Waals surface area contributed by atoms with Gasteiger partial charge in [0.05, 0.1) is 4.58 Å². The van der Waals surface area contributed by atoms with Crippen LogP contribution in [0.1, 0.15) is 15.7 Å². The van der Waals surface area contributed by atoms with Crippen LogP contribution in [-0.2, 0) is 5.75 Å². The predicted molar refractivity (Wildman–Crippen MR) is 74.5 cm³/mol. The Bertz CT molecular complexity index is 411. The zero-order valence-electron chi connectivity index (χ0n) is 8.87. The third kappa shape index (κ3) is 3.32. The van der Waals surface area contributed by atoms with Gasteiger partial charge < -0.3 is 0 Å². The molecule has 0 saturated heterocycles. The highest BCUT2D eigenvalue weighted by molar-refractivity contribution is 8.09. The molecule has 0 amide bonds. The molecule has 0 spiro atoms. The third-order valence-corrected chi connectivity index (χ3v) is 4.07. The van der Waals surface area contributed by atoms with Crippen LogP contribution in [0.5, 0.6) is 0 Å². The summed E-state index contributed by atoms with van der Waals surface area (Å²) in [6, 6.07) is 20.7. The van der Waals surface area contributed by atoms with Crippen LogP contribution in [0.3, 0.4) is 0 Å². The minimum Gasteiger partial charge on any atom is -0.137 e. The second-order valence-corrected chi connectivity index (χ2v) is 5.40. The minimum absolute atomic E-state index is 0.140. The lowest BCUT2D eigenvalue weighted by Gasteiger charge is -2.09. The number of hydrogen-bond donors (Lipinski definition) is 0. The lowest BCUT2D eigenvalue weighted by atomic mass is 10.2. The van der Waals surface area contributed by atoms with E-state index in [2.05, 4.69) is 36.4 Å². The Morgan fingerprint density at radius 1 is 0.875 bits per heavy atom. The average Bonchev–Trinajstić information content (AvgIpc) is 2.38. The summed E-state index contributed by atoms with van der Waals surface area (Å²) in [5, 5.41) is 0. The average molecular weight is 245 g/mol. The van der Waals surface area contributed by atoms with E-state index in [0.29, 0.717) is 0 Å². The quantitative estimate of drug-likeness (QED) is 0.744. The van der Waals surface area contributed by atoms with E-state index in [4.69, 9.17) is 12.6 Å². The second-order valence-electron chi connectivity index (χ2n) is 3.54. The first kappa shape index (κ1) is 11.6. The van der Waals surface area contributed by atoms with E-state index in [9.17, 15) is 0 Å². The highest BCUT2D eigenvalue weighted by Gasteiger charge is 2.06. The summed E-state index contributed by atoms with van der Waals surface area (Å²) in [7, 11) is 0. The molecule has 0 N–H and O–H groups in total. The first-order valence-electron chi connectivity index (χ1n) is 5.22. The Balaban J connectivity index is 1.92. The van der Waals surface area contributed by atoms with Crippen molar-refractivity contribution in [3.63, 3.8) is 0 Å². The van der Waals surface area contributed by atoms with Gasteiger partial charge in [0, 0.05) is 5.75 Å². The van der Waals surface area contributed by atoms with Crippen LogP contribution in [0.15, 0.2) is 60.7 Å². The van der Waals surface area contributed by atoms with Gasteiger partial charge in [-0.1, -0.05) is 73.3 Å². The Morgan fingerprint density at radius 3 is 2.06 bits per heavy atom. The summed E-state index contributed by atoms with van der Waals surface area (Å²) >= 11 is 7.26. The lowest BCUT2D eigenvalue weighted by Crippen LogP contribution is -1.86. The maximum atomic E-state index is 5.47. The molecule has 2 aromatic rings. The van der Waals surface area contributed by atoms with Gasteiger partial charge in [-0.15, -0.1) is 11.8 Å². The summed E-state index contributed by atoms with van der Waals surface area (Å²) in [5.41, 5.74) is 2.55. The largest absolute Gasteiger partial charge is 0.137 e. The zero-order chi connectivity index (χ0) is 11.2.